The van der Waals surface area contributed by atoms with Gasteiger partial charge in [0.25, 0.3) is 5.91 Å². The van der Waals surface area contributed by atoms with Crippen molar-refractivity contribution >= 4 is 11.6 Å². The largest absolute Gasteiger partial charge is 0.385 e. The molecule has 108 valence electrons. The van der Waals surface area contributed by atoms with Crippen LogP contribution in [-0.2, 0) is 6.42 Å². The van der Waals surface area contributed by atoms with Gasteiger partial charge in [0.1, 0.15) is 0 Å². The van der Waals surface area contributed by atoms with Crippen molar-refractivity contribution in [2.45, 2.75) is 51.5 Å². The van der Waals surface area contributed by atoms with E-state index in [2.05, 4.69) is 23.6 Å². The Hall–Kier alpha value is -1.51. The molecule has 0 saturated heterocycles. The standard InChI is InChI=1S/C17H24N2O/c1-12(13-6-2-3-7-13)19-17(20)15-8-4-10-16-14(15)9-5-11-18-16/h4,8,10,12-13,18H,2-3,5-7,9,11H2,1H3,(H,19,20)/t12-/m1/s1. The maximum Gasteiger partial charge on any atom is 0.251 e. The second kappa shape index (κ2) is 5.86. The van der Waals surface area contributed by atoms with Gasteiger partial charge in [-0.05, 0) is 56.2 Å². The molecule has 1 aliphatic heterocycles. The third-order valence-electron chi connectivity index (χ3n) is 4.81. The zero-order valence-corrected chi connectivity index (χ0v) is 12.2. The molecule has 1 aromatic rings. The number of rotatable bonds is 3. The topological polar surface area (TPSA) is 41.1 Å². The highest BCUT2D eigenvalue weighted by Gasteiger charge is 2.24. The quantitative estimate of drug-likeness (QED) is 0.886. The Morgan fingerprint density at radius 2 is 2.10 bits per heavy atom. The summed E-state index contributed by atoms with van der Waals surface area (Å²) in [6, 6.07) is 6.30. The lowest BCUT2D eigenvalue weighted by molar-refractivity contribution is 0.0926. The minimum Gasteiger partial charge on any atom is -0.385 e. The lowest BCUT2D eigenvalue weighted by atomic mass is 9.95. The Morgan fingerprint density at radius 3 is 2.90 bits per heavy atom. The summed E-state index contributed by atoms with van der Waals surface area (Å²) in [5, 5.41) is 6.61. The molecule has 0 radical (unpaired) electrons. The van der Waals surface area contributed by atoms with Gasteiger partial charge in [-0.25, -0.2) is 0 Å². The number of benzene rings is 1. The Balaban J connectivity index is 1.73. The summed E-state index contributed by atoms with van der Waals surface area (Å²) >= 11 is 0. The Labute approximate surface area is 121 Å². The summed E-state index contributed by atoms with van der Waals surface area (Å²) in [4.78, 5) is 12.5. The van der Waals surface area contributed by atoms with Crippen LogP contribution < -0.4 is 10.6 Å². The highest BCUT2D eigenvalue weighted by Crippen LogP contribution is 2.29. The number of carbonyl (C=O) groups excluding carboxylic acids is 1. The molecule has 0 bridgehead atoms. The van der Waals surface area contributed by atoms with Crippen LogP contribution in [0.25, 0.3) is 0 Å². The first-order chi connectivity index (χ1) is 9.75. The van der Waals surface area contributed by atoms with Gasteiger partial charge in [0.05, 0.1) is 0 Å². The van der Waals surface area contributed by atoms with Gasteiger partial charge in [-0.1, -0.05) is 18.9 Å². The number of nitrogens with one attached hydrogen (secondary N) is 2. The summed E-state index contributed by atoms with van der Waals surface area (Å²) in [6.45, 7) is 3.16. The van der Waals surface area contributed by atoms with Gasteiger partial charge >= 0.3 is 0 Å². The molecule has 1 amide bonds. The van der Waals surface area contributed by atoms with E-state index in [1.807, 2.05) is 12.1 Å². The van der Waals surface area contributed by atoms with Crippen molar-refractivity contribution in [3.63, 3.8) is 0 Å². The van der Waals surface area contributed by atoms with E-state index in [-0.39, 0.29) is 11.9 Å². The van der Waals surface area contributed by atoms with Crippen LogP contribution in [0.3, 0.4) is 0 Å². The monoisotopic (exact) mass is 272 g/mol. The van der Waals surface area contributed by atoms with Gasteiger partial charge < -0.3 is 10.6 Å². The predicted molar refractivity (Wildman–Crippen MR) is 82.1 cm³/mol. The molecule has 20 heavy (non-hydrogen) atoms. The molecule has 1 saturated carbocycles. The van der Waals surface area contributed by atoms with Crippen molar-refractivity contribution < 1.29 is 4.79 Å². The molecule has 0 spiro atoms. The molecule has 1 heterocycles. The molecule has 3 nitrogen and oxygen atoms in total. The highest BCUT2D eigenvalue weighted by atomic mass is 16.1. The van der Waals surface area contributed by atoms with Crippen LogP contribution in [0.4, 0.5) is 5.69 Å². The van der Waals surface area contributed by atoms with Crippen LogP contribution in [0.1, 0.15) is 54.9 Å². The number of hydrogen-bond donors (Lipinski definition) is 2. The Bertz CT molecular complexity index is 492. The zero-order chi connectivity index (χ0) is 13.9. The second-order valence-corrected chi connectivity index (χ2v) is 6.17. The summed E-state index contributed by atoms with van der Waals surface area (Å²) < 4.78 is 0. The van der Waals surface area contributed by atoms with E-state index < -0.39 is 0 Å². The first kappa shape index (κ1) is 13.5. The van der Waals surface area contributed by atoms with Crippen LogP contribution in [0, 0.1) is 5.92 Å². The van der Waals surface area contributed by atoms with E-state index in [9.17, 15) is 4.79 Å². The van der Waals surface area contributed by atoms with Crippen LogP contribution in [0.5, 0.6) is 0 Å². The van der Waals surface area contributed by atoms with Crippen molar-refractivity contribution in [3.05, 3.63) is 29.3 Å². The summed E-state index contributed by atoms with van der Waals surface area (Å²) in [5.41, 5.74) is 3.19. The third-order valence-corrected chi connectivity index (χ3v) is 4.81. The first-order valence-electron chi connectivity index (χ1n) is 7.92. The molecule has 1 fully saturated rings. The number of carbonyl (C=O) groups is 1. The molecule has 1 aliphatic carbocycles. The molecule has 3 heteroatoms. The van der Waals surface area contributed by atoms with Gasteiger partial charge in [-0.3, -0.25) is 4.79 Å². The zero-order valence-electron chi connectivity index (χ0n) is 12.2. The molecule has 2 N–H and O–H groups in total. The van der Waals surface area contributed by atoms with Crippen molar-refractivity contribution in [3.8, 4) is 0 Å². The van der Waals surface area contributed by atoms with E-state index in [4.69, 9.17) is 0 Å². The molecule has 2 aliphatic rings. The maximum absolute atomic E-state index is 12.5. The van der Waals surface area contributed by atoms with Gasteiger partial charge in [-0.15, -0.1) is 0 Å². The van der Waals surface area contributed by atoms with Crippen LogP contribution >= 0.6 is 0 Å². The van der Waals surface area contributed by atoms with Gasteiger partial charge in [0.2, 0.25) is 0 Å². The van der Waals surface area contributed by atoms with Crippen molar-refractivity contribution in [2.75, 3.05) is 11.9 Å². The van der Waals surface area contributed by atoms with Crippen LogP contribution in [-0.4, -0.2) is 18.5 Å². The van der Waals surface area contributed by atoms with E-state index >= 15 is 0 Å². The molecule has 3 rings (SSSR count). The van der Waals surface area contributed by atoms with Gasteiger partial charge in [-0.2, -0.15) is 0 Å². The minimum atomic E-state index is 0.102. The normalized spacial score (nSPS) is 20.1. The van der Waals surface area contributed by atoms with E-state index in [0.29, 0.717) is 5.92 Å². The van der Waals surface area contributed by atoms with Crippen molar-refractivity contribution in [1.29, 1.82) is 0 Å². The van der Waals surface area contributed by atoms with Crippen molar-refractivity contribution in [1.82, 2.24) is 5.32 Å². The second-order valence-electron chi connectivity index (χ2n) is 6.17. The fourth-order valence-electron chi connectivity index (χ4n) is 3.58. The van der Waals surface area contributed by atoms with Crippen molar-refractivity contribution in [2.24, 2.45) is 5.92 Å². The smallest absolute Gasteiger partial charge is 0.251 e. The molecule has 0 unspecified atom stereocenters. The summed E-state index contributed by atoms with van der Waals surface area (Å²) in [5.74, 6) is 0.765. The average Bonchev–Trinajstić information content (AvgIpc) is 3.01. The highest BCUT2D eigenvalue weighted by molar-refractivity contribution is 5.97. The molecule has 1 aromatic carbocycles. The number of anilines is 1. The van der Waals surface area contributed by atoms with Gasteiger partial charge in [0.15, 0.2) is 0 Å². The SMILES string of the molecule is C[C@@H](NC(=O)c1cccc2c1CCCN2)C1CCCC1. The molecule has 1 atom stereocenters. The van der Waals surface area contributed by atoms with Gasteiger partial charge in [0, 0.05) is 23.8 Å². The Morgan fingerprint density at radius 1 is 1.30 bits per heavy atom. The fourth-order valence-corrected chi connectivity index (χ4v) is 3.58. The summed E-state index contributed by atoms with van der Waals surface area (Å²) in [6.07, 6.45) is 7.26. The molecular formula is C17H24N2O. The molecule has 0 aromatic heterocycles. The molecular weight excluding hydrogens is 248 g/mol. The maximum atomic E-state index is 12.5. The summed E-state index contributed by atoms with van der Waals surface area (Å²) in [7, 11) is 0. The Kier molecular flexibility index (Phi) is 3.95. The third kappa shape index (κ3) is 2.67. The van der Waals surface area contributed by atoms with E-state index in [1.54, 1.807) is 0 Å². The number of hydrogen-bond acceptors (Lipinski definition) is 2. The van der Waals surface area contributed by atoms with Crippen LogP contribution in [0.15, 0.2) is 18.2 Å². The number of amides is 1. The minimum absolute atomic E-state index is 0.102. The van der Waals surface area contributed by atoms with Crippen LogP contribution in [0.2, 0.25) is 0 Å². The van der Waals surface area contributed by atoms with E-state index in [1.165, 1.54) is 31.2 Å². The fraction of sp³-hybridized carbons (Fsp3) is 0.588. The average molecular weight is 272 g/mol. The predicted octanol–water partition coefficient (Wildman–Crippen LogP) is 3.35. The first-order valence-corrected chi connectivity index (χ1v) is 7.92. The number of fused-ring (bicyclic) bond motifs is 1. The lowest BCUT2D eigenvalue weighted by Gasteiger charge is -2.23. The van der Waals surface area contributed by atoms with E-state index in [0.717, 1.165) is 30.6 Å². The lowest BCUT2D eigenvalue weighted by Crippen LogP contribution is -2.37.